The van der Waals surface area contributed by atoms with E-state index in [2.05, 4.69) is 26.3 Å². The standard InChI is InChI=1S/C18H18Cl2N4S.C4H6O2/c19-13-3-1-2-12(8-13)10-24-6-4-14(5-7-24)23-17-15-9-16(20)25-18(15)22-11-21-17;1-2-3-4(5)6/h1-3,8-9,11,14H,4-7,10H2,(H,21,22,23);2-3H,1H3,(H,5,6)/b;3-2-. The second-order valence-electron chi connectivity index (χ2n) is 7.15. The third kappa shape index (κ3) is 7.18. The Hall–Kier alpha value is -2.19. The summed E-state index contributed by atoms with van der Waals surface area (Å²) in [5.74, 6) is -0.000980. The van der Waals surface area contributed by atoms with Crippen LogP contribution in [-0.2, 0) is 11.3 Å². The topological polar surface area (TPSA) is 78.4 Å². The normalized spacial score (nSPS) is 15.1. The molecule has 6 nitrogen and oxygen atoms in total. The number of fused-ring (bicyclic) bond motifs is 1. The Bertz CT molecular complexity index is 1050. The highest BCUT2D eigenvalue weighted by Crippen LogP contribution is 2.32. The number of likely N-dealkylation sites (tertiary alicyclic amines) is 1. The molecule has 31 heavy (non-hydrogen) atoms. The molecular weight excluding hydrogens is 455 g/mol. The number of benzene rings is 1. The average molecular weight is 479 g/mol. The van der Waals surface area contributed by atoms with Crippen LogP contribution in [0.4, 0.5) is 5.82 Å². The molecule has 1 aliphatic rings. The van der Waals surface area contributed by atoms with E-state index in [4.69, 9.17) is 28.3 Å². The predicted octanol–water partition coefficient (Wildman–Crippen LogP) is 5.72. The van der Waals surface area contributed by atoms with Gasteiger partial charge in [0, 0.05) is 36.8 Å². The van der Waals surface area contributed by atoms with Crippen LogP contribution in [0.25, 0.3) is 10.2 Å². The fraction of sp³-hybridized carbons (Fsp3) is 0.318. The molecule has 9 heteroatoms. The number of hydrogen-bond acceptors (Lipinski definition) is 6. The molecule has 0 spiro atoms. The summed E-state index contributed by atoms with van der Waals surface area (Å²) in [5.41, 5.74) is 1.27. The summed E-state index contributed by atoms with van der Waals surface area (Å²) in [7, 11) is 0. The van der Waals surface area contributed by atoms with Gasteiger partial charge in [-0.25, -0.2) is 14.8 Å². The van der Waals surface area contributed by atoms with E-state index in [1.54, 1.807) is 13.3 Å². The van der Waals surface area contributed by atoms with Gasteiger partial charge in [-0.2, -0.15) is 0 Å². The molecule has 0 radical (unpaired) electrons. The Balaban J connectivity index is 0.000000401. The zero-order valence-electron chi connectivity index (χ0n) is 17.1. The maximum Gasteiger partial charge on any atom is 0.327 e. The number of piperidine rings is 1. The number of anilines is 1. The zero-order valence-corrected chi connectivity index (χ0v) is 19.4. The Morgan fingerprint density at radius 3 is 2.71 bits per heavy atom. The number of carbonyl (C=O) groups is 1. The summed E-state index contributed by atoms with van der Waals surface area (Å²) in [6.07, 6.45) is 6.34. The Morgan fingerprint density at radius 2 is 2.06 bits per heavy atom. The second-order valence-corrected chi connectivity index (χ2v) is 9.25. The lowest BCUT2D eigenvalue weighted by atomic mass is 10.0. The van der Waals surface area contributed by atoms with Crippen molar-refractivity contribution in [2.75, 3.05) is 18.4 Å². The fourth-order valence-electron chi connectivity index (χ4n) is 3.41. The first-order valence-corrected chi connectivity index (χ1v) is 11.5. The molecule has 0 unspecified atom stereocenters. The third-order valence-corrected chi connectivity index (χ3v) is 6.24. The molecule has 164 valence electrons. The molecule has 0 amide bonds. The summed E-state index contributed by atoms with van der Waals surface area (Å²) in [5, 5.41) is 13.2. The first-order chi connectivity index (χ1) is 14.9. The molecule has 2 aromatic heterocycles. The van der Waals surface area contributed by atoms with Crippen molar-refractivity contribution in [2.24, 2.45) is 0 Å². The van der Waals surface area contributed by atoms with Crippen molar-refractivity contribution in [1.29, 1.82) is 0 Å². The summed E-state index contributed by atoms with van der Waals surface area (Å²) >= 11 is 13.7. The molecule has 1 aromatic carbocycles. The number of hydrogen-bond donors (Lipinski definition) is 2. The molecule has 4 rings (SSSR count). The summed E-state index contributed by atoms with van der Waals surface area (Å²) < 4.78 is 0.745. The number of nitrogens with zero attached hydrogens (tertiary/aromatic N) is 3. The highest BCUT2D eigenvalue weighted by molar-refractivity contribution is 7.22. The van der Waals surface area contributed by atoms with Gasteiger partial charge < -0.3 is 10.4 Å². The minimum atomic E-state index is -0.891. The summed E-state index contributed by atoms with van der Waals surface area (Å²) in [6.45, 7) is 4.73. The minimum absolute atomic E-state index is 0.424. The van der Waals surface area contributed by atoms with E-state index >= 15 is 0 Å². The van der Waals surface area contributed by atoms with E-state index in [1.807, 2.05) is 24.3 Å². The molecule has 0 bridgehead atoms. The molecule has 1 saturated heterocycles. The number of aromatic nitrogens is 2. The van der Waals surface area contributed by atoms with Crippen molar-refractivity contribution in [3.63, 3.8) is 0 Å². The molecule has 2 N–H and O–H groups in total. The number of halogens is 2. The van der Waals surface area contributed by atoms with E-state index < -0.39 is 5.97 Å². The highest BCUT2D eigenvalue weighted by Gasteiger charge is 2.20. The van der Waals surface area contributed by atoms with Gasteiger partial charge in [-0.3, -0.25) is 4.90 Å². The maximum atomic E-state index is 9.51. The lowest BCUT2D eigenvalue weighted by Gasteiger charge is -2.32. The van der Waals surface area contributed by atoms with Gasteiger partial charge in [-0.1, -0.05) is 41.4 Å². The van der Waals surface area contributed by atoms with Crippen LogP contribution in [0.15, 0.2) is 48.8 Å². The summed E-state index contributed by atoms with van der Waals surface area (Å²) in [4.78, 5) is 21.6. The largest absolute Gasteiger partial charge is 0.478 e. The second kappa shape index (κ2) is 11.4. The van der Waals surface area contributed by atoms with Crippen molar-refractivity contribution < 1.29 is 9.90 Å². The predicted molar refractivity (Wildman–Crippen MR) is 128 cm³/mol. The lowest BCUT2D eigenvalue weighted by Crippen LogP contribution is -2.38. The Morgan fingerprint density at radius 1 is 1.29 bits per heavy atom. The molecule has 3 aromatic rings. The monoisotopic (exact) mass is 478 g/mol. The number of rotatable bonds is 5. The van der Waals surface area contributed by atoms with Crippen LogP contribution in [0.1, 0.15) is 25.3 Å². The number of thiophene rings is 1. The molecule has 3 heterocycles. The first-order valence-electron chi connectivity index (χ1n) is 9.93. The Kier molecular flexibility index (Phi) is 8.66. The van der Waals surface area contributed by atoms with Crippen molar-refractivity contribution in [3.8, 4) is 0 Å². The van der Waals surface area contributed by atoms with Crippen molar-refractivity contribution in [1.82, 2.24) is 14.9 Å². The SMILES string of the molecule is C/C=C\C(=O)O.Clc1cccc(CN2CCC(Nc3ncnc4sc(Cl)cc34)CC2)c1. The number of nitrogens with one attached hydrogen (secondary N) is 1. The van der Waals surface area contributed by atoms with Crippen LogP contribution in [0.5, 0.6) is 0 Å². The average Bonchev–Trinajstić information content (AvgIpc) is 3.11. The smallest absolute Gasteiger partial charge is 0.327 e. The number of aliphatic carboxylic acids is 1. The van der Waals surface area contributed by atoms with Crippen LogP contribution < -0.4 is 5.32 Å². The molecule has 0 saturated carbocycles. The maximum absolute atomic E-state index is 9.51. The van der Waals surface area contributed by atoms with E-state index in [0.29, 0.717) is 6.04 Å². The van der Waals surface area contributed by atoms with E-state index in [-0.39, 0.29) is 0 Å². The van der Waals surface area contributed by atoms with Gasteiger partial charge in [0.15, 0.2) is 0 Å². The van der Waals surface area contributed by atoms with Crippen LogP contribution >= 0.6 is 34.5 Å². The van der Waals surface area contributed by atoms with E-state index in [9.17, 15) is 4.79 Å². The van der Waals surface area contributed by atoms with Gasteiger partial charge in [0.05, 0.1) is 9.72 Å². The van der Waals surface area contributed by atoms with E-state index in [0.717, 1.165) is 63.9 Å². The molecular formula is C22H24Cl2N4O2S. The van der Waals surface area contributed by atoms with Crippen molar-refractivity contribution in [3.05, 3.63) is 63.7 Å². The molecule has 1 fully saturated rings. The number of allylic oxidation sites excluding steroid dienone is 1. The molecule has 0 atom stereocenters. The molecule has 0 aliphatic carbocycles. The number of carboxylic acid groups (broad SMARTS) is 1. The van der Waals surface area contributed by atoms with Gasteiger partial charge in [0.1, 0.15) is 17.0 Å². The van der Waals surface area contributed by atoms with Crippen molar-refractivity contribution in [2.45, 2.75) is 32.4 Å². The summed E-state index contributed by atoms with van der Waals surface area (Å²) in [6, 6.07) is 10.5. The van der Waals surface area contributed by atoms with Gasteiger partial charge >= 0.3 is 5.97 Å². The minimum Gasteiger partial charge on any atom is -0.478 e. The van der Waals surface area contributed by atoms with Crippen LogP contribution in [-0.4, -0.2) is 45.1 Å². The van der Waals surface area contributed by atoms with Gasteiger partial charge in [0.25, 0.3) is 0 Å². The third-order valence-electron chi connectivity index (χ3n) is 4.83. The quantitative estimate of drug-likeness (QED) is 0.456. The van der Waals surface area contributed by atoms with Gasteiger partial charge in [-0.05, 0) is 43.5 Å². The number of carboxylic acids is 1. The van der Waals surface area contributed by atoms with Crippen molar-refractivity contribution >= 4 is 56.5 Å². The first kappa shape index (κ1) is 23.5. The van der Waals surface area contributed by atoms with Crippen LogP contribution in [0.3, 0.4) is 0 Å². The Labute approximate surface area is 195 Å². The van der Waals surface area contributed by atoms with Gasteiger partial charge in [0.2, 0.25) is 0 Å². The molecule has 1 aliphatic heterocycles. The van der Waals surface area contributed by atoms with Crippen LogP contribution in [0.2, 0.25) is 9.36 Å². The van der Waals surface area contributed by atoms with Crippen LogP contribution in [0, 0.1) is 0 Å². The lowest BCUT2D eigenvalue weighted by molar-refractivity contribution is -0.131. The van der Waals surface area contributed by atoms with E-state index in [1.165, 1.54) is 23.0 Å². The highest BCUT2D eigenvalue weighted by atomic mass is 35.5. The van der Waals surface area contributed by atoms with Gasteiger partial charge in [-0.15, -0.1) is 11.3 Å². The fourth-order valence-corrected chi connectivity index (χ4v) is 4.67. The zero-order chi connectivity index (χ0) is 22.2.